The van der Waals surface area contributed by atoms with Crippen molar-refractivity contribution in [1.29, 1.82) is 0 Å². The lowest BCUT2D eigenvalue weighted by atomic mass is 10.2. The minimum Gasteiger partial charge on any atom is -0.341 e. The number of hydrogen-bond donors (Lipinski definition) is 0. The maximum Gasteiger partial charge on any atom is 0.233 e. The molecule has 130 valence electrons. The molecule has 0 spiro atoms. The Balaban J connectivity index is 1.67. The smallest absolute Gasteiger partial charge is 0.233 e. The van der Waals surface area contributed by atoms with Crippen LogP contribution in [-0.4, -0.2) is 33.6 Å². The number of aryl methyl sites for hydroxylation is 2. The van der Waals surface area contributed by atoms with E-state index >= 15 is 0 Å². The van der Waals surface area contributed by atoms with Crippen LogP contribution in [0.1, 0.15) is 16.0 Å². The second-order valence-electron chi connectivity index (χ2n) is 5.81. The molecule has 0 N–H and O–H groups in total. The van der Waals surface area contributed by atoms with E-state index in [1.54, 1.807) is 22.6 Å². The van der Waals surface area contributed by atoms with Crippen molar-refractivity contribution in [3.63, 3.8) is 0 Å². The number of thioether (sulfide) groups is 1. The zero-order chi connectivity index (χ0) is 18.0. The summed E-state index contributed by atoms with van der Waals surface area (Å²) in [6.07, 6.45) is 1.57. The van der Waals surface area contributed by atoms with Gasteiger partial charge in [-0.05, 0) is 37.1 Å². The van der Waals surface area contributed by atoms with E-state index in [0.717, 1.165) is 20.8 Å². The largest absolute Gasteiger partial charge is 0.341 e. The van der Waals surface area contributed by atoms with Gasteiger partial charge in [-0.15, -0.1) is 11.3 Å². The highest BCUT2D eigenvalue weighted by Gasteiger charge is 2.15. The van der Waals surface area contributed by atoms with Crippen molar-refractivity contribution in [3.8, 4) is 0 Å². The molecule has 1 aromatic carbocycles. The lowest BCUT2D eigenvalue weighted by Crippen LogP contribution is -2.27. The highest BCUT2D eigenvalue weighted by molar-refractivity contribution is 8.00. The Labute approximate surface area is 160 Å². The molecule has 1 amide bonds. The third-order valence-corrected chi connectivity index (χ3v) is 6.36. The molecule has 0 aliphatic rings. The van der Waals surface area contributed by atoms with Crippen molar-refractivity contribution in [2.24, 2.45) is 0 Å². The van der Waals surface area contributed by atoms with Gasteiger partial charge in [-0.3, -0.25) is 4.79 Å². The predicted molar refractivity (Wildman–Crippen MR) is 106 cm³/mol. The van der Waals surface area contributed by atoms with Gasteiger partial charge in [0.15, 0.2) is 0 Å². The number of fused-ring (bicyclic) bond motifs is 1. The number of hydrogen-bond acceptors (Lipinski definition) is 5. The van der Waals surface area contributed by atoms with Crippen LogP contribution in [0.15, 0.2) is 35.6 Å². The Morgan fingerprint density at radius 3 is 2.68 bits per heavy atom. The minimum atomic E-state index is 0.0660. The molecular weight excluding hydrogens is 374 g/mol. The van der Waals surface area contributed by atoms with E-state index in [4.69, 9.17) is 11.6 Å². The molecule has 3 rings (SSSR count). The second kappa shape index (κ2) is 7.72. The van der Waals surface area contributed by atoms with Gasteiger partial charge in [0.1, 0.15) is 16.2 Å². The zero-order valence-corrected chi connectivity index (χ0v) is 16.6. The molecule has 3 aromatic rings. The highest BCUT2D eigenvalue weighted by Crippen LogP contribution is 2.34. The topological polar surface area (TPSA) is 46.1 Å². The first kappa shape index (κ1) is 18.2. The van der Waals surface area contributed by atoms with Crippen LogP contribution in [0.3, 0.4) is 0 Å². The van der Waals surface area contributed by atoms with Crippen LogP contribution in [0.25, 0.3) is 10.2 Å². The summed E-state index contributed by atoms with van der Waals surface area (Å²) in [6, 6.07) is 7.54. The molecule has 0 aliphatic carbocycles. The number of nitrogens with zero attached hydrogens (tertiary/aromatic N) is 3. The van der Waals surface area contributed by atoms with E-state index in [1.807, 2.05) is 31.3 Å². The number of carbonyl (C=O) groups is 1. The molecule has 0 unspecified atom stereocenters. The monoisotopic (exact) mass is 391 g/mol. The van der Waals surface area contributed by atoms with Gasteiger partial charge in [-0.1, -0.05) is 35.5 Å². The number of benzene rings is 1. The molecule has 0 radical (unpaired) electrons. The summed E-state index contributed by atoms with van der Waals surface area (Å²) in [7, 11) is 1.81. The molecule has 0 saturated carbocycles. The van der Waals surface area contributed by atoms with Gasteiger partial charge in [0, 0.05) is 28.9 Å². The predicted octanol–water partition coefficient (Wildman–Crippen LogP) is 4.71. The van der Waals surface area contributed by atoms with Gasteiger partial charge in [-0.2, -0.15) is 0 Å². The number of carbonyl (C=O) groups excluding carboxylic acids is 1. The Hall–Kier alpha value is -1.63. The van der Waals surface area contributed by atoms with E-state index in [1.165, 1.54) is 22.2 Å². The fraction of sp³-hybridized carbons (Fsp3) is 0.278. The van der Waals surface area contributed by atoms with Crippen LogP contribution in [0.4, 0.5) is 0 Å². The summed E-state index contributed by atoms with van der Waals surface area (Å²) in [5, 5.41) is 2.64. The molecule has 4 nitrogen and oxygen atoms in total. The summed E-state index contributed by atoms with van der Waals surface area (Å²) in [4.78, 5) is 25.1. The van der Waals surface area contributed by atoms with Gasteiger partial charge in [0.25, 0.3) is 0 Å². The Morgan fingerprint density at radius 1 is 1.24 bits per heavy atom. The lowest BCUT2D eigenvalue weighted by molar-refractivity contribution is -0.127. The van der Waals surface area contributed by atoms with Crippen LogP contribution >= 0.6 is 34.7 Å². The first-order valence-electron chi connectivity index (χ1n) is 7.77. The average molecular weight is 392 g/mol. The van der Waals surface area contributed by atoms with Crippen molar-refractivity contribution in [2.45, 2.75) is 25.4 Å². The van der Waals surface area contributed by atoms with Crippen LogP contribution in [0, 0.1) is 13.8 Å². The second-order valence-corrected chi connectivity index (χ2v) is 8.41. The van der Waals surface area contributed by atoms with Gasteiger partial charge in [-0.25, -0.2) is 9.97 Å². The Morgan fingerprint density at radius 2 is 1.96 bits per heavy atom. The van der Waals surface area contributed by atoms with E-state index in [-0.39, 0.29) is 5.91 Å². The van der Waals surface area contributed by atoms with E-state index in [9.17, 15) is 4.79 Å². The van der Waals surface area contributed by atoms with Crippen LogP contribution in [0.2, 0.25) is 5.02 Å². The fourth-order valence-corrected chi connectivity index (χ4v) is 4.64. The molecule has 0 bridgehead atoms. The molecule has 2 heterocycles. The molecule has 7 heteroatoms. The van der Waals surface area contributed by atoms with Crippen LogP contribution in [0.5, 0.6) is 0 Å². The molecule has 0 saturated heterocycles. The summed E-state index contributed by atoms with van der Waals surface area (Å²) < 4.78 is 0. The number of rotatable bonds is 5. The van der Waals surface area contributed by atoms with Gasteiger partial charge >= 0.3 is 0 Å². The highest BCUT2D eigenvalue weighted by atomic mass is 35.5. The normalized spacial score (nSPS) is 11.0. The third-order valence-electron chi connectivity index (χ3n) is 4.02. The van der Waals surface area contributed by atoms with Crippen molar-refractivity contribution in [3.05, 3.63) is 51.6 Å². The summed E-state index contributed by atoms with van der Waals surface area (Å²) in [6.45, 7) is 4.73. The number of thiophene rings is 1. The first-order valence-corrected chi connectivity index (χ1v) is 9.95. The Kier molecular flexibility index (Phi) is 5.61. The molecule has 0 fully saturated rings. The maximum atomic E-state index is 12.5. The third kappa shape index (κ3) is 4.14. The van der Waals surface area contributed by atoms with Crippen molar-refractivity contribution in [1.82, 2.24) is 14.9 Å². The minimum absolute atomic E-state index is 0.0660. The summed E-state index contributed by atoms with van der Waals surface area (Å²) in [5.74, 6) is 0.418. The number of amides is 1. The summed E-state index contributed by atoms with van der Waals surface area (Å²) >= 11 is 9.03. The lowest BCUT2D eigenvalue weighted by Gasteiger charge is -2.17. The van der Waals surface area contributed by atoms with Crippen molar-refractivity contribution in [2.75, 3.05) is 12.8 Å². The van der Waals surface area contributed by atoms with Gasteiger partial charge < -0.3 is 4.90 Å². The molecule has 2 aromatic heterocycles. The molecule has 25 heavy (non-hydrogen) atoms. The van der Waals surface area contributed by atoms with Crippen LogP contribution < -0.4 is 0 Å². The first-order chi connectivity index (χ1) is 12.0. The quantitative estimate of drug-likeness (QED) is 0.466. The SMILES string of the molecule is Cc1sc2ncnc(SCC(=O)N(C)Cc3ccc(Cl)cc3)c2c1C. The van der Waals surface area contributed by atoms with Crippen molar-refractivity contribution >= 4 is 50.8 Å². The van der Waals surface area contributed by atoms with Gasteiger partial charge in [0.05, 0.1) is 5.75 Å². The zero-order valence-electron chi connectivity index (χ0n) is 14.2. The molecular formula is C18H18ClN3OS2. The van der Waals surface area contributed by atoms with Crippen LogP contribution in [-0.2, 0) is 11.3 Å². The van der Waals surface area contributed by atoms with Gasteiger partial charge in [0.2, 0.25) is 5.91 Å². The van der Waals surface area contributed by atoms with E-state index in [2.05, 4.69) is 23.8 Å². The standard InChI is InChI=1S/C18H18ClN3OS2/c1-11-12(2)25-18-16(11)17(20-10-21-18)24-9-15(23)22(3)8-13-4-6-14(19)7-5-13/h4-7,10H,8-9H2,1-3H3. The van der Waals surface area contributed by atoms with E-state index < -0.39 is 0 Å². The number of halogens is 1. The average Bonchev–Trinajstić information content (AvgIpc) is 2.89. The molecule has 0 atom stereocenters. The molecule has 0 aliphatic heterocycles. The summed E-state index contributed by atoms with van der Waals surface area (Å²) in [5.41, 5.74) is 2.25. The number of aromatic nitrogens is 2. The van der Waals surface area contributed by atoms with E-state index in [0.29, 0.717) is 17.3 Å². The fourth-order valence-electron chi connectivity index (χ4n) is 2.45. The Bertz CT molecular complexity index is 909. The maximum absolute atomic E-state index is 12.5. The van der Waals surface area contributed by atoms with Crippen molar-refractivity contribution < 1.29 is 4.79 Å².